The van der Waals surface area contributed by atoms with Crippen molar-refractivity contribution in [3.8, 4) is 0 Å². The summed E-state index contributed by atoms with van der Waals surface area (Å²) in [7, 11) is 0. The Morgan fingerprint density at radius 1 is 1.13 bits per heavy atom. The Kier molecular flexibility index (Phi) is 2.77. The molecule has 1 aliphatic heterocycles. The van der Waals surface area contributed by atoms with Gasteiger partial charge in [0.15, 0.2) is 0 Å². The van der Waals surface area contributed by atoms with Crippen molar-refractivity contribution < 1.29 is 0 Å². The Morgan fingerprint density at radius 2 is 1.67 bits per heavy atom. The third-order valence-corrected chi connectivity index (χ3v) is 3.01. The second-order valence-electron chi connectivity index (χ2n) is 6.43. The number of hydrogen-bond acceptors (Lipinski definition) is 2. The van der Waals surface area contributed by atoms with E-state index in [-0.39, 0.29) is 10.8 Å². The summed E-state index contributed by atoms with van der Waals surface area (Å²) in [6, 6.07) is 0. The summed E-state index contributed by atoms with van der Waals surface area (Å²) in [5.41, 5.74) is 7.23. The van der Waals surface area contributed by atoms with Gasteiger partial charge in [0.25, 0.3) is 0 Å². The molecule has 1 heterocycles. The molecule has 0 aromatic heterocycles. The van der Waals surface area contributed by atoms with Crippen LogP contribution in [0.5, 0.6) is 0 Å². The van der Waals surface area contributed by atoms with Gasteiger partial charge >= 0.3 is 0 Å². The minimum Gasteiger partial charge on any atom is -0.367 e. The Labute approximate surface area is 93.6 Å². The molecule has 2 heteroatoms. The summed E-state index contributed by atoms with van der Waals surface area (Å²) in [6.07, 6.45) is 6.21. The smallest absolute Gasteiger partial charge is 0.110 e. The molecule has 0 aliphatic carbocycles. The van der Waals surface area contributed by atoms with Crippen molar-refractivity contribution in [3.05, 3.63) is 23.9 Å². The molecule has 0 aromatic carbocycles. The molecule has 0 bridgehead atoms. The summed E-state index contributed by atoms with van der Waals surface area (Å²) in [5, 5.41) is 3.46. The molecular formula is C13H24N2. The van der Waals surface area contributed by atoms with Crippen LogP contribution in [0.15, 0.2) is 23.9 Å². The largest absolute Gasteiger partial charge is 0.367 e. The molecule has 3 N–H and O–H groups in total. The van der Waals surface area contributed by atoms with Crippen LogP contribution < -0.4 is 11.1 Å². The summed E-state index contributed by atoms with van der Waals surface area (Å²) in [5.74, 6) is 0. The zero-order valence-corrected chi connectivity index (χ0v) is 10.8. The van der Waals surface area contributed by atoms with E-state index in [0.29, 0.717) is 0 Å². The maximum Gasteiger partial charge on any atom is 0.110 e. The number of rotatable bonds is 0. The fourth-order valence-electron chi connectivity index (χ4n) is 1.48. The summed E-state index contributed by atoms with van der Waals surface area (Å²) in [6.45, 7) is 13.0. The average Bonchev–Trinajstić information content (AvgIpc) is 2.00. The highest BCUT2D eigenvalue weighted by Gasteiger charge is 2.39. The highest BCUT2D eigenvalue weighted by atomic mass is 15.1. The van der Waals surface area contributed by atoms with Crippen molar-refractivity contribution in [1.29, 1.82) is 0 Å². The molecule has 0 aromatic rings. The van der Waals surface area contributed by atoms with Gasteiger partial charge in [-0.25, -0.2) is 0 Å². The van der Waals surface area contributed by atoms with E-state index in [4.69, 9.17) is 5.73 Å². The second kappa shape index (κ2) is 3.38. The maximum absolute atomic E-state index is 6.38. The molecule has 0 saturated heterocycles. The number of nitrogens with one attached hydrogen (secondary N) is 1. The van der Waals surface area contributed by atoms with Gasteiger partial charge in [0.2, 0.25) is 0 Å². The average molecular weight is 208 g/mol. The summed E-state index contributed by atoms with van der Waals surface area (Å²) >= 11 is 0. The molecule has 2 nitrogen and oxygen atoms in total. The monoisotopic (exact) mass is 208 g/mol. The van der Waals surface area contributed by atoms with Crippen molar-refractivity contribution in [1.82, 2.24) is 5.32 Å². The van der Waals surface area contributed by atoms with Gasteiger partial charge in [-0.05, 0) is 12.2 Å². The van der Waals surface area contributed by atoms with E-state index in [1.165, 1.54) is 5.70 Å². The van der Waals surface area contributed by atoms with Gasteiger partial charge < -0.3 is 11.1 Å². The Hall–Kier alpha value is -0.760. The van der Waals surface area contributed by atoms with Crippen LogP contribution in [0.3, 0.4) is 0 Å². The molecule has 1 aliphatic rings. The lowest BCUT2D eigenvalue weighted by molar-refractivity contribution is 0.194. The predicted octanol–water partition coefficient (Wildman–Crippen LogP) is 2.78. The van der Waals surface area contributed by atoms with E-state index in [1.807, 2.05) is 6.08 Å². The van der Waals surface area contributed by atoms with Crippen LogP contribution >= 0.6 is 0 Å². The van der Waals surface area contributed by atoms with E-state index in [1.54, 1.807) is 0 Å². The zero-order valence-electron chi connectivity index (χ0n) is 10.8. The minimum absolute atomic E-state index is 0.00569. The second-order valence-corrected chi connectivity index (χ2v) is 6.43. The first kappa shape index (κ1) is 12.3. The van der Waals surface area contributed by atoms with Crippen LogP contribution in [0.4, 0.5) is 0 Å². The third-order valence-electron chi connectivity index (χ3n) is 3.01. The number of nitrogens with two attached hydrogens (primary N) is 1. The Balaban J connectivity index is 2.99. The van der Waals surface area contributed by atoms with E-state index >= 15 is 0 Å². The lowest BCUT2D eigenvalue weighted by atomic mass is 9.77. The number of allylic oxidation sites excluding steroid dienone is 3. The molecule has 0 radical (unpaired) electrons. The molecule has 1 rings (SSSR count). The molecule has 86 valence electrons. The van der Waals surface area contributed by atoms with Crippen molar-refractivity contribution in [2.24, 2.45) is 16.6 Å². The van der Waals surface area contributed by atoms with Gasteiger partial charge in [0, 0.05) is 16.5 Å². The van der Waals surface area contributed by atoms with Crippen LogP contribution in [-0.2, 0) is 0 Å². The molecule has 0 spiro atoms. The van der Waals surface area contributed by atoms with Crippen LogP contribution in [-0.4, -0.2) is 5.66 Å². The maximum atomic E-state index is 6.38. The molecule has 15 heavy (non-hydrogen) atoms. The predicted molar refractivity (Wildman–Crippen MR) is 66.2 cm³/mol. The minimum atomic E-state index is -0.454. The standard InChI is InChI=1S/C13H24N2/c1-11(2,3)10-8-7-9-13(14,15-10)12(4,5)6/h7-9,15H,14H2,1-6H3. The molecule has 0 amide bonds. The summed E-state index contributed by atoms with van der Waals surface area (Å²) < 4.78 is 0. The van der Waals surface area contributed by atoms with Crippen LogP contribution in [0, 0.1) is 10.8 Å². The van der Waals surface area contributed by atoms with Gasteiger partial charge in [0.1, 0.15) is 5.66 Å². The number of dihydropyridines is 1. The normalized spacial score (nSPS) is 27.3. The van der Waals surface area contributed by atoms with Gasteiger partial charge in [-0.15, -0.1) is 0 Å². The van der Waals surface area contributed by atoms with Gasteiger partial charge in [-0.1, -0.05) is 47.6 Å². The molecule has 0 saturated carbocycles. The molecular weight excluding hydrogens is 184 g/mol. The lowest BCUT2D eigenvalue weighted by Gasteiger charge is -2.45. The molecule has 0 fully saturated rings. The van der Waals surface area contributed by atoms with Crippen LogP contribution in [0.2, 0.25) is 0 Å². The summed E-state index contributed by atoms with van der Waals surface area (Å²) in [4.78, 5) is 0. The highest BCUT2D eigenvalue weighted by molar-refractivity contribution is 5.29. The number of hydrogen-bond donors (Lipinski definition) is 2. The fraction of sp³-hybridized carbons (Fsp3) is 0.692. The van der Waals surface area contributed by atoms with Crippen molar-refractivity contribution in [2.45, 2.75) is 47.2 Å². The third kappa shape index (κ3) is 2.43. The fourth-order valence-corrected chi connectivity index (χ4v) is 1.48. The van der Waals surface area contributed by atoms with Crippen molar-refractivity contribution in [2.75, 3.05) is 0 Å². The molecule has 1 unspecified atom stereocenters. The highest BCUT2D eigenvalue weighted by Crippen LogP contribution is 2.34. The zero-order chi connectivity index (χ0) is 11.9. The topological polar surface area (TPSA) is 38.0 Å². The van der Waals surface area contributed by atoms with E-state index in [9.17, 15) is 0 Å². The first-order chi connectivity index (χ1) is 6.56. The van der Waals surface area contributed by atoms with Crippen LogP contribution in [0.25, 0.3) is 0 Å². The first-order valence-corrected chi connectivity index (χ1v) is 5.53. The van der Waals surface area contributed by atoms with E-state index in [0.717, 1.165) is 0 Å². The lowest BCUT2D eigenvalue weighted by Crippen LogP contribution is -2.62. The Morgan fingerprint density at radius 3 is 2.07 bits per heavy atom. The Bertz CT molecular complexity index is 299. The SMILES string of the molecule is CC(C)(C)C1=CC=CC(N)(C(C)(C)C)N1. The van der Waals surface area contributed by atoms with Gasteiger partial charge in [-0.3, -0.25) is 0 Å². The van der Waals surface area contributed by atoms with E-state index in [2.05, 4.69) is 59.0 Å². The van der Waals surface area contributed by atoms with Crippen molar-refractivity contribution >= 4 is 0 Å². The van der Waals surface area contributed by atoms with Crippen molar-refractivity contribution in [3.63, 3.8) is 0 Å². The van der Waals surface area contributed by atoms with Crippen LogP contribution in [0.1, 0.15) is 41.5 Å². The van der Waals surface area contributed by atoms with E-state index < -0.39 is 5.66 Å². The van der Waals surface area contributed by atoms with Gasteiger partial charge in [0.05, 0.1) is 0 Å². The molecule has 1 atom stereocenters. The van der Waals surface area contributed by atoms with Gasteiger partial charge in [-0.2, -0.15) is 0 Å². The quantitative estimate of drug-likeness (QED) is 0.642. The first-order valence-electron chi connectivity index (χ1n) is 5.53.